The van der Waals surface area contributed by atoms with Crippen molar-refractivity contribution in [3.63, 3.8) is 0 Å². The molecule has 1 aliphatic rings. The number of nitrogens with one attached hydrogen (secondary N) is 1. The van der Waals surface area contributed by atoms with Crippen LogP contribution in [-0.4, -0.2) is 28.8 Å². The molecule has 1 unspecified atom stereocenters. The number of rotatable bonds is 2. The largest absolute Gasteiger partial charge is 0.370 e. The van der Waals surface area contributed by atoms with Gasteiger partial charge >= 0.3 is 0 Å². The summed E-state index contributed by atoms with van der Waals surface area (Å²) < 4.78 is 2.05. The van der Waals surface area contributed by atoms with E-state index in [-0.39, 0.29) is 24.0 Å². The number of fused-ring (bicyclic) bond motifs is 1. The predicted molar refractivity (Wildman–Crippen MR) is 84.5 cm³/mol. The molecular weight excluding hydrogens is 341 g/mol. The molecule has 0 fully saturated rings. The van der Waals surface area contributed by atoms with Gasteiger partial charge in [-0.25, -0.2) is 0 Å². The quantitative estimate of drug-likeness (QED) is 0.475. The van der Waals surface area contributed by atoms with Gasteiger partial charge in [-0.2, -0.15) is 5.10 Å². The number of aryl methyl sites for hydroxylation is 1. The fourth-order valence-corrected chi connectivity index (χ4v) is 2.17. The molecular formula is C12H22IN5. The lowest BCUT2D eigenvalue weighted by atomic mass is 9.94. The Labute approximate surface area is 125 Å². The van der Waals surface area contributed by atoms with Crippen LogP contribution in [0.15, 0.2) is 11.2 Å². The van der Waals surface area contributed by atoms with Crippen molar-refractivity contribution < 1.29 is 0 Å². The zero-order valence-corrected chi connectivity index (χ0v) is 13.5. The van der Waals surface area contributed by atoms with E-state index in [1.54, 1.807) is 7.05 Å². The molecule has 102 valence electrons. The third-order valence-electron chi connectivity index (χ3n) is 3.22. The minimum atomic E-state index is 0. The molecule has 1 atom stereocenters. The number of guanidine groups is 1. The molecule has 0 saturated carbocycles. The van der Waals surface area contributed by atoms with E-state index in [1.165, 1.54) is 11.3 Å². The van der Waals surface area contributed by atoms with Crippen molar-refractivity contribution in [2.45, 2.75) is 45.2 Å². The minimum Gasteiger partial charge on any atom is -0.370 e. The average molecular weight is 363 g/mol. The number of nitrogens with zero attached hydrogens (tertiary/aromatic N) is 3. The van der Waals surface area contributed by atoms with Crippen LogP contribution in [0.5, 0.6) is 0 Å². The molecule has 0 saturated heterocycles. The number of hydrogen-bond donors (Lipinski definition) is 2. The average Bonchev–Trinajstić information content (AvgIpc) is 2.72. The van der Waals surface area contributed by atoms with Crippen LogP contribution in [0.25, 0.3) is 0 Å². The molecule has 1 heterocycles. The van der Waals surface area contributed by atoms with Crippen molar-refractivity contribution in [1.29, 1.82) is 0 Å². The molecule has 0 aromatic carbocycles. The Hall–Kier alpha value is -0.790. The van der Waals surface area contributed by atoms with E-state index >= 15 is 0 Å². The van der Waals surface area contributed by atoms with E-state index in [0.717, 1.165) is 19.3 Å². The molecule has 1 aromatic rings. The van der Waals surface area contributed by atoms with Crippen molar-refractivity contribution >= 4 is 29.9 Å². The van der Waals surface area contributed by atoms with Gasteiger partial charge in [-0.05, 0) is 32.3 Å². The Bertz CT molecular complexity index is 424. The van der Waals surface area contributed by atoms with Crippen LogP contribution in [0.3, 0.4) is 0 Å². The summed E-state index contributed by atoms with van der Waals surface area (Å²) in [5.74, 6) is 0.516. The highest BCUT2D eigenvalue weighted by molar-refractivity contribution is 14.0. The SMILES string of the molecule is CN=C(N)NC1CCc2cn(C(C)C)nc2C1.I. The molecule has 5 nitrogen and oxygen atoms in total. The summed E-state index contributed by atoms with van der Waals surface area (Å²) in [6.45, 7) is 4.30. The molecule has 0 aliphatic heterocycles. The number of nitrogens with two attached hydrogens (primary N) is 1. The summed E-state index contributed by atoms with van der Waals surface area (Å²) in [7, 11) is 1.70. The fourth-order valence-electron chi connectivity index (χ4n) is 2.17. The molecule has 3 N–H and O–H groups in total. The Morgan fingerprint density at radius 1 is 1.61 bits per heavy atom. The first-order valence-corrected chi connectivity index (χ1v) is 6.16. The molecule has 1 aliphatic carbocycles. The lowest BCUT2D eigenvalue weighted by Gasteiger charge is -2.22. The highest BCUT2D eigenvalue weighted by Crippen LogP contribution is 2.21. The maximum Gasteiger partial charge on any atom is 0.188 e. The topological polar surface area (TPSA) is 68.2 Å². The van der Waals surface area contributed by atoms with Gasteiger partial charge in [0, 0.05) is 31.7 Å². The number of halogens is 1. The van der Waals surface area contributed by atoms with Gasteiger partial charge in [0.05, 0.1) is 5.69 Å². The molecule has 6 heteroatoms. The summed E-state index contributed by atoms with van der Waals surface area (Å²) in [5, 5.41) is 7.86. The Balaban J connectivity index is 0.00000162. The Kier molecular flexibility index (Phi) is 5.43. The normalized spacial score (nSPS) is 19.3. The van der Waals surface area contributed by atoms with Gasteiger partial charge in [-0.1, -0.05) is 0 Å². The first-order valence-electron chi connectivity index (χ1n) is 6.16. The summed E-state index contributed by atoms with van der Waals surface area (Å²) in [6, 6.07) is 0.788. The van der Waals surface area contributed by atoms with Gasteiger partial charge in [0.25, 0.3) is 0 Å². The number of hydrogen-bond acceptors (Lipinski definition) is 2. The maximum atomic E-state index is 5.69. The third-order valence-corrected chi connectivity index (χ3v) is 3.22. The zero-order chi connectivity index (χ0) is 12.4. The first kappa shape index (κ1) is 15.3. The molecule has 0 spiro atoms. The van der Waals surface area contributed by atoms with Crippen molar-refractivity contribution in [1.82, 2.24) is 15.1 Å². The first-order chi connectivity index (χ1) is 8.10. The monoisotopic (exact) mass is 363 g/mol. The highest BCUT2D eigenvalue weighted by atomic mass is 127. The zero-order valence-electron chi connectivity index (χ0n) is 11.2. The molecule has 0 radical (unpaired) electrons. The van der Waals surface area contributed by atoms with Gasteiger partial charge in [-0.15, -0.1) is 24.0 Å². The summed E-state index contributed by atoms with van der Waals surface area (Å²) in [5.41, 5.74) is 8.27. The summed E-state index contributed by atoms with van der Waals surface area (Å²) in [4.78, 5) is 3.93. The lowest BCUT2D eigenvalue weighted by Crippen LogP contribution is -2.42. The van der Waals surface area contributed by atoms with Crippen molar-refractivity contribution in [3.8, 4) is 0 Å². The van der Waals surface area contributed by atoms with Gasteiger partial charge in [-0.3, -0.25) is 9.67 Å². The third kappa shape index (κ3) is 3.37. The van der Waals surface area contributed by atoms with E-state index in [0.29, 0.717) is 18.0 Å². The molecule has 1 aromatic heterocycles. The lowest BCUT2D eigenvalue weighted by molar-refractivity contribution is 0.502. The molecule has 18 heavy (non-hydrogen) atoms. The molecule has 0 amide bonds. The van der Waals surface area contributed by atoms with E-state index in [4.69, 9.17) is 5.73 Å². The molecule has 0 bridgehead atoms. The predicted octanol–water partition coefficient (Wildman–Crippen LogP) is 1.47. The Morgan fingerprint density at radius 3 is 2.94 bits per heavy atom. The van der Waals surface area contributed by atoms with Gasteiger partial charge < -0.3 is 11.1 Å². The second kappa shape index (κ2) is 6.40. The van der Waals surface area contributed by atoms with E-state index < -0.39 is 0 Å². The van der Waals surface area contributed by atoms with Crippen LogP contribution in [0.2, 0.25) is 0 Å². The van der Waals surface area contributed by atoms with Crippen molar-refractivity contribution in [2.24, 2.45) is 10.7 Å². The van der Waals surface area contributed by atoms with E-state index in [2.05, 4.69) is 35.5 Å². The van der Waals surface area contributed by atoms with Crippen LogP contribution in [0, 0.1) is 0 Å². The summed E-state index contributed by atoms with van der Waals surface area (Å²) >= 11 is 0. The van der Waals surface area contributed by atoms with Crippen molar-refractivity contribution in [2.75, 3.05) is 7.05 Å². The van der Waals surface area contributed by atoms with Crippen LogP contribution in [0.4, 0.5) is 0 Å². The van der Waals surface area contributed by atoms with Crippen LogP contribution in [-0.2, 0) is 12.8 Å². The van der Waals surface area contributed by atoms with Gasteiger partial charge in [0.15, 0.2) is 5.96 Å². The standard InChI is InChI=1S/C12H21N5.HI/c1-8(2)17-7-9-4-5-10(6-11(9)16-17)15-12(13)14-3;/h7-8,10H,4-6H2,1-3H3,(H3,13,14,15);1H. The Morgan fingerprint density at radius 2 is 2.33 bits per heavy atom. The number of aliphatic imine (C=N–C) groups is 1. The van der Waals surface area contributed by atoms with Crippen LogP contribution >= 0.6 is 24.0 Å². The fraction of sp³-hybridized carbons (Fsp3) is 0.667. The van der Waals surface area contributed by atoms with Gasteiger partial charge in [0.1, 0.15) is 0 Å². The summed E-state index contributed by atoms with van der Waals surface area (Å²) in [6.07, 6.45) is 5.27. The van der Waals surface area contributed by atoms with E-state index in [9.17, 15) is 0 Å². The smallest absolute Gasteiger partial charge is 0.188 e. The maximum absolute atomic E-state index is 5.69. The molecule has 2 rings (SSSR count). The second-order valence-electron chi connectivity index (χ2n) is 4.87. The highest BCUT2D eigenvalue weighted by Gasteiger charge is 2.22. The van der Waals surface area contributed by atoms with Crippen LogP contribution in [0.1, 0.15) is 37.6 Å². The number of aromatic nitrogens is 2. The second-order valence-corrected chi connectivity index (χ2v) is 4.87. The van der Waals surface area contributed by atoms with Gasteiger partial charge in [0.2, 0.25) is 0 Å². The van der Waals surface area contributed by atoms with E-state index in [1.807, 2.05) is 4.68 Å². The van der Waals surface area contributed by atoms with Crippen LogP contribution < -0.4 is 11.1 Å². The van der Waals surface area contributed by atoms with Crippen molar-refractivity contribution in [3.05, 3.63) is 17.5 Å². The minimum absolute atomic E-state index is 0.